The fourth-order valence-electron chi connectivity index (χ4n) is 3.39. The van der Waals surface area contributed by atoms with Crippen LogP contribution in [-0.4, -0.2) is 35.2 Å². The van der Waals surface area contributed by atoms with E-state index >= 15 is 0 Å². The third-order valence-electron chi connectivity index (χ3n) is 4.95. The SMILES string of the molecule is CCOc1ccccc1NC(=O)Cn1c(N2CCC(C)CC2)nc(C)cc1=O. The molecule has 1 aromatic heterocycles. The summed E-state index contributed by atoms with van der Waals surface area (Å²) in [6.07, 6.45) is 2.11. The Morgan fingerprint density at radius 1 is 1.29 bits per heavy atom. The number of nitrogens with zero attached hydrogens (tertiary/aromatic N) is 3. The molecule has 1 N–H and O–H groups in total. The fourth-order valence-corrected chi connectivity index (χ4v) is 3.39. The first-order valence-electron chi connectivity index (χ1n) is 9.83. The average Bonchev–Trinajstić information content (AvgIpc) is 2.66. The van der Waals surface area contributed by atoms with E-state index in [0.717, 1.165) is 25.9 Å². The highest BCUT2D eigenvalue weighted by Crippen LogP contribution is 2.24. The van der Waals surface area contributed by atoms with Crippen molar-refractivity contribution in [2.24, 2.45) is 5.92 Å². The number of nitrogens with one attached hydrogen (secondary N) is 1. The second-order valence-electron chi connectivity index (χ2n) is 7.27. The van der Waals surface area contributed by atoms with E-state index in [-0.39, 0.29) is 18.0 Å². The highest BCUT2D eigenvalue weighted by Gasteiger charge is 2.22. The number of para-hydroxylation sites is 2. The van der Waals surface area contributed by atoms with Gasteiger partial charge in [0.1, 0.15) is 12.3 Å². The molecule has 0 bridgehead atoms. The van der Waals surface area contributed by atoms with Crippen LogP contribution in [0.1, 0.15) is 32.4 Å². The summed E-state index contributed by atoms with van der Waals surface area (Å²) >= 11 is 0. The standard InChI is InChI=1S/C21H28N4O3/c1-4-28-18-8-6-5-7-17(18)23-19(26)14-25-20(27)13-16(3)22-21(25)24-11-9-15(2)10-12-24/h5-8,13,15H,4,9-12,14H2,1-3H3,(H,23,26). The van der Waals surface area contributed by atoms with Gasteiger partial charge >= 0.3 is 0 Å². The Morgan fingerprint density at radius 3 is 2.71 bits per heavy atom. The van der Waals surface area contributed by atoms with Gasteiger partial charge in [-0.3, -0.25) is 14.2 Å². The van der Waals surface area contributed by atoms with Gasteiger partial charge in [-0.05, 0) is 44.7 Å². The molecule has 0 saturated carbocycles. The number of benzene rings is 1. The lowest BCUT2D eigenvalue weighted by Crippen LogP contribution is -2.39. The molecule has 1 fully saturated rings. The second-order valence-corrected chi connectivity index (χ2v) is 7.27. The summed E-state index contributed by atoms with van der Waals surface area (Å²) in [5.41, 5.74) is 1.04. The van der Waals surface area contributed by atoms with Crippen molar-refractivity contribution < 1.29 is 9.53 Å². The van der Waals surface area contributed by atoms with E-state index in [4.69, 9.17) is 4.74 Å². The number of aryl methyl sites for hydroxylation is 1. The van der Waals surface area contributed by atoms with E-state index < -0.39 is 0 Å². The smallest absolute Gasteiger partial charge is 0.255 e. The largest absolute Gasteiger partial charge is 0.492 e. The molecule has 1 amide bonds. The molecule has 3 rings (SSSR count). The zero-order chi connectivity index (χ0) is 20.1. The van der Waals surface area contributed by atoms with E-state index in [1.54, 1.807) is 19.1 Å². The quantitative estimate of drug-likeness (QED) is 0.829. The van der Waals surface area contributed by atoms with Gasteiger partial charge in [0.15, 0.2) is 0 Å². The zero-order valence-corrected chi connectivity index (χ0v) is 16.8. The van der Waals surface area contributed by atoms with Crippen molar-refractivity contribution >= 4 is 17.5 Å². The minimum absolute atomic E-state index is 0.0893. The minimum Gasteiger partial charge on any atom is -0.492 e. The van der Waals surface area contributed by atoms with E-state index in [0.29, 0.717) is 35.6 Å². The van der Waals surface area contributed by atoms with Crippen LogP contribution in [0.25, 0.3) is 0 Å². The van der Waals surface area contributed by atoms with Crippen LogP contribution < -0.4 is 20.5 Å². The van der Waals surface area contributed by atoms with Crippen LogP contribution in [0.15, 0.2) is 35.1 Å². The summed E-state index contributed by atoms with van der Waals surface area (Å²) in [7, 11) is 0. The molecule has 7 nitrogen and oxygen atoms in total. The number of aromatic nitrogens is 2. The van der Waals surface area contributed by atoms with Crippen LogP contribution in [0, 0.1) is 12.8 Å². The van der Waals surface area contributed by atoms with Crippen LogP contribution in [0.3, 0.4) is 0 Å². The maximum atomic E-state index is 12.7. The lowest BCUT2D eigenvalue weighted by atomic mass is 10.00. The third kappa shape index (κ3) is 4.71. The first-order chi connectivity index (χ1) is 13.5. The molecule has 1 aliphatic heterocycles. The predicted octanol–water partition coefficient (Wildman–Crippen LogP) is 2.83. The van der Waals surface area contributed by atoms with Crippen molar-refractivity contribution in [1.82, 2.24) is 9.55 Å². The van der Waals surface area contributed by atoms with Crippen molar-refractivity contribution in [3.8, 4) is 5.75 Å². The summed E-state index contributed by atoms with van der Waals surface area (Å²) in [5.74, 6) is 1.56. The molecule has 1 aromatic carbocycles. The summed E-state index contributed by atoms with van der Waals surface area (Å²) in [6, 6.07) is 8.74. The molecular weight excluding hydrogens is 356 g/mol. The predicted molar refractivity (Wildman–Crippen MR) is 110 cm³/mol. The van der Waals surface area contributed by atoms with Gasteiger partial charge in [-0.2, -0.15) is 0 Å². The molecule has 1 saturated heterocycles. The van der Waals surface area contributed by atoms with Crippen molar-refractivity contribution in [2.45, 2.75) is 40.2 Å². The molecule has 28 heavy (non-hydrogen) atoms. The lowest BCUT2D eigenvalue weighted by molar-refractivity contribution is -0.116. The van der Waals surface area contributed by atoms with Crippen LogP contribution in [0.5, 0.6) is 5.75 Å². The van der Waals surface area contributed by atoms with Gasteiger partial charge in [0.25, 0.3) is 5.56 Å². The van der Waals surface area contributed by atoms with Gasteiger partial charge in [0.2, 0.25) is 11.9 Å². The summed E-state index contributed by atoms with van der Waals surface area (Å²) in [4.78, 5) is 32.0. The fraction of sp³-hybridized carbons (Fsp3) is 0.476. The lowest BCUT2D eigenvalue weighted by Gasteiger charge is -2.32. The van der Waals surface area contributed by atoms with Gasteiger partial charge in [0, 0.05) is 24.8 Å². The second kappa shape index (κ2) is 8.91. The maximum Gasteiger partial charge on any atom is 0.255 e. The number of hydrogen-bond acceptors (Lipinski definition) is 5. The van der Waals surface area contributed by atoms with Gasteiger partial charge < -0.3 is 15.0 Å². The van der Waals surface area contributed by atoms with Gasteiger partial charge in [0.05, 0.1) is 12.3 Å². The van der Waals surface area contributed by atoms with E-state index in [2.05, 4.69) is 22.1 Å². The monoisotopic (exact) mass is 384 g/mol. The minimum atomic E-state index is -0.286. The summed E-state index contributed by atoms with van der Waals surface area (Å²) in [6.45, 7) is 8.02. The van der Waals surface area contributed by atoms with Crippen LogP contribution in [0.4, 0.5) is 11.6 Å². The van der Waals surface area contributed by atoms with Crippen molar-refractivity contribution in [3.63, 3.8) is 0 Å². The molecule has 2 heterocycles. The molecule has 150 valence electrons. The van der Waals surface area contributed by atoms with Gasteiger partial charge in [-0.1, -0.05) is 19.1 Å². The number of carbonyl (C=O) groups is 1. The molecule has 1 aliphatic rings. The number of rotatable bonds is 6. The van der Waals surface area contributed by atoms with Crippen LogP contribution in [-0.2, 0) is 11.3 Å². The maximum absolute atomic E-state index is 12.7. The third-order valence-corrected chi connectivity index (χ3v) is 4.95. The number of ether oxygens (including phenoxy) is 1. The van der Waals surface area contributed by atoms with E-state index in [9.17, 15) is 9.59 Å². The molecule has 2 aromatic rings. The molecule has 7 heteroatoms. The summed E-state index contributed by atoms with van der Waals surface area (Å²) in [5, 5.41) is 2.85. The normalized spacial score (nSPS) is 14.8. The molecule has 0 aliphatic carbocycles. The molecule has 0 spiro atoms. The Kier molecular flexibility index (Phi) is 6.34. The zero-order valence-electron chi connectivity index (χ0n) is 16.8. The number of amides is 1. The Morgan fingerprint density at radius 2 is 2.00 bits per heavy atom. The van der Waals surface area contributed by atoms with E-state index in [1.165, 1.54) is 10.6 Å². The van der Waals surface area contributed by atoms with Crippen molar-refractivity contribution in [1.29, 1.82) is 0 Å². The van der Waals surface area contributed by atoms with Crippen molar-refractivity contribution in [3.05, 3.63) is 46.4 Å². The number of hydrogen-bond donors (Lipinski definition) is 1. The Labute approximate surface area is 165 Å². The number of anilines is 2. The Hall–Kier alpha value is -2.83. The number of carbonyl (C=O) groups excluding carboxylic acids is 1. The summed E-state index contributed by atoms with van der Waals surface area (Å²) < 4.78 is 7.01. The van der Waals surface area contributed by atoms with Crippen LogP contribution in [0.2, 0.25) is 0 Å². The molecule has 0 atom stereocenters. The molecule has 0 unspecified atom stereocenters. The van der Waals surface area contributed by atoms with Crippen LogP contribution >= 0.6 is 0 Å². The highest BCUT2D eigenvalue weighted by atomic mass is 16.5. The first-order valence-corrected chi connectivity index (χ1v) is 9.83. The Bertz CT molecular complexity index is 885. The molecule has 0 radical (unpaired) electrons. The van der Waals surface area contributed by atoms with E-state index in [1.807, 2.05) is 19.1 Å². The van der Waals surface area contributed by atoms with Gasteiger partial charge in [-0.25, -0.2) is 4.98 Å². The van der Waals surface area contributed by atoms with Gasteiger partial charge in [-0.15, -0.1) is 0 Å². The highest BCUT2D eigenvalue weighted by molar-refractivity contribution is 5.92. The number of piperidine rings is 1. The molecular formula is C21H28N4O3. The average molecular weight is 384 g/mol. The Balaban J connectivity index is 1.82. The van der Waals surface area contributed by atoms with Crippen molar-refractivity contribution in [2.75, 3.05) is 29.9 Å². The first kappa shape index (κ1) is 19.9. The topological polar surface area (TPSA) is 76.5 Å².